The van der Waals surface area contributed by atoms with Crippen LogP contribution >= 0.6 is 0 Å². The fourth-order valence-electron chi connectivity index (χ4n) is 4.27. The number of fused-ring (bicyclic) bond motifs is 2. The van der Waals surface area contributed by atoms with Crippen LogP contribution in [0.1, 0.15) is 40.8 Å². The van der Waals surface area contributed by atoms with Gasteiger partial charge in [0, 0.05) is 24.9 Å². The first kappa shape index (κ1) is 19.5. The first-order chi connectivity index (χ1) is 16.1. The molecule has 1 aliphatic heterocycles. The van der Waals surface area contributed by atoms with E-state index < -0.39 is 12.5 Å². The summed E-state index contributed by atoms with van der Waals surface area (Å²) in [6.07, 6.45) is 1.33. The average Bonchev–Trinajstić information content (AvgIpc) is 3.56. The number of hydrogen-bond donors (Lipinski definition) is 1. The van der Waals surface area contributed by atoms with Gasteiger partial charge in [0.15, 0.2) is 0 Å². The molecule has 5 aromatic heterocycles. The average molecular weight is 448 g/mol. The first-order valence-electron chi connectivity index (χ1n) is 10.4. The minimum absolute atomic E-state index is 0.172. The third-order valence-electron chi connectivity index (χ3n) is 5.84. The third kappa shape index (κ3) is 3.15. The van der Waals surface area contributed by atoms with Gasteiger partial charge in [0.1, 0.15) is 17.4 Å². The zero-order chi connectivity index (χ0) is 22.5. The molecule has 0 aromatic carbocycles. The molecule has 166 valence electrons. The van der Waals surface area contributed by atoms with Gasteiger partial charge in [-0.25, -0.2) is 18.3 Å². The van der Waals surface area contributed by atoms with Crippen molar-refractivity contribution in [2.24, 2.45) is 0 Å². The van der Waals surface area contributed by atoms with E-state index in [-0.39, 0.29) is 5.69 Å². The number of hydrogen-bond acceptors (Lipinski definition) is 7. The van der Waals surface area contributed by atoms with Gasteiger partial charge in [-0.05, 0) is 36.8 Å². The van der Waals surface area contributed by atoms with Crippen molar-refractivity contribution in [2.75, 3.05) is 11.4 Å². The molecule has 0 bridgehead atoms. The standard InChI is InChI=1S/C22H18F2N8O/c1-12-4-3-8-25-17(12)21-28-29-22(33-21)31-9-7-14-18(27-11-26-14)19(31)15-10-13-5-2-6-16(20(23)24)32(13)30-15/h2-6,8,10-11,19-20H,7,9H2,1H3,(H,26,27)/t19-/m1/s1. The van der Waals surface area contributed by atoms with Crippen molar-refractivity contribution >= 4 is 11.5 Å². The number of imidazole rings is 1. The number of nitrogens with zero attached hydrogens (tertiary/aromatic N) is 7. The lowest BCUT2D eigenvalue weighted by Gasteiger charge is -2.32. The Hall–Kier alpha value is -4.15. The normalized spacial score (nSPS) is 16.0. The molecule has 0 amide bonds. The van der Waals surface area contributed by atoms with Crippen LogP contribution in [-0.2, 0) is 6.42 Å². The van der Waals surface area contributed by atoms with E-state index in [0.717, 1.165) is 17.0 Å². The highest BCUT2D eigenvalue weighted by atomic mass is 19.3. The van der Waals surface area contributed by atoms with Crippen LogP contribution in [0.25, 0.3) is 17.1 Å². The highest BCUT2D eigenvalue weighted by molar-refractivity contribution is 5.55. The Morgan fingerprint density at radius 1 is 1.15 bits per heavy atom. The maximum atomic E-state index is 13.5. The third-order valence-corrected chi connectivity index (χ3v) is 5.84. The number of pyridine rings is 2. The molecule has 0 saturated heterocycles. The SMILES string of the molecule is Cc1cccnc1-c1nnc(N2CCc3[nH]cnc3[C@H]2c2cc3cccc(C(F)F)n3n2)o1. The zero-order valence-corrected chi connectivity index (χ0v) is 17.5. The largest absolute Gasteiger partial charge is 0.402 e. The molecule has 9 nitrogen and oxygen atoms in total. The van der Waals surface area contributed by atoms with E-state index in [4.69, 9.17) is 4.42 Å². The van der Waals surface area contributed by atoms with Gasteiger partial charge in [0.05, 0.1) is 23.2 Å². The maximum Gasteiger partial charge on any atom is 0.319 e. The Morgan fingerprint density at radius 3 is 2.91 bits per heavy atom. The van der Waals surface area contributed by atoms with Gasteiger partial charge in [0.2, 0.25) is 0 Å². The molecule has 5 aromatic rings. The van der Waals surface area contributed by atoms with E-state index in [2.05, 4.69) is 30.2 Å². The number of rotatable bonds is 4. The summed E-state index contributed by atoms with van der Waals surface area (Å²) in [5.41, 5.74) is 4.19. The number of halogens is 2. The van der Waals surface area contributed by atoms with Crippen molar-refractivity contribution in [1.82, 2.24) is 34.8 Å². The zero-order valence-electron chi connectivity index (χ0n) is 17.5. The first-order valence-corrected chi connectivity index (χ1v) is 10.4. The number of anilines is 1. The molecule has 6 rings (SSSR count). The highest BCUT2D eigenvalue weighted by Gasteiger charge is 2.36. The summed E-state index contributed by atoms with van der Waals surface area (Å²) in [7, 11) is 0. The van der Waals surface area contributed by atoms with Crippen LogP contribution in [-0.4, -0.2) is 41.3 Å². The van der Waals surface area contributed by atoms with Gasteiger partial charge >= 0.3 is 6.01 Å². The number of H-pyrrole nitrogens is 1. The molecule has 1 aliphatic rings. The number of aromatic nitrogens is 7. The van der Waals surface area contributed by atoms with Crippen LogP contribution in [0.5, 0.6) is 0 Å². The molecule has 0 spiro atoms. The van der Waals surface area contributed by atoms with Gasteiger partial charge in [0.25, 0.3) is 12.3 Å². The van der Waals surface area contributed by atoms with Crippen LogP contribution < -0.4 is 4.90 Å². The minimum atomic E-state index is -2.65. The van der Waals surface area contributed by atoms with Crippen LogP contribution in [0.2, 0.25) is 0 Å². The Kier molecular flexibility index (Phi) is 4.42. The smallest absolute Gasteiger partial charge is 0.319 e. The van der Waals surface area contributed by atoms with Gasteiger partial charge in [-0.2, -0.15) is 5.10 Å². The minimum Gasteiger partial charge on any atom is -0.402 e. The van der Waals surface area contributed by atoms with Crippen molar-refractivity contribution in [3.05, 3.63) is 77.3 Å². The molecule has 1 atom stereocenters. The van der Waals surface area contributed by atoms with Crippen LogP contribution in [0.15, 0.2) is 53.3 Å². The Balaban J connectivity index is 1.46. The van der Waals surface area contributed by atoms with Crippen molar-refractivity contribution in [3.8, 4) is 11.6 Å². The molecule has 0 aliphatic carbocycles. The monoisotopic (exact) mass is 448 g/mol. The molecule has 0 fully saturated rings. The summed E-state index contributed by atoms with van der Waals surface area (Å²) >= 11 is 0. The molecule has 0 unspecified atom stereocenters. The van der Waals surface area contributed by atoms with Gasteiger partial charge < -0.3 is 14.3 Å². The van der Waals surface area contributed by atoms with E-state index in [0.29, 0.717) is 41.8 Å². The molecule has 1 N–H and O–H groups in total. The van der Waals surface area contributed by atoms with E-state index in [1.165, 1.54) is 10.6 Å². The second kappa shape index (κ2) is 7.47. The molecule has 0 saturated carbocycles. The fraction of sp³-hybridized carbons (Fsp3) is 0.227. The quantitative estimate of drug-likeness (QED) is 0.445. The second-order valence-corrected chi connectivity index (χ2v) is 7.83. The number of nitrogens with one attached hydrogen (secondary N) is 1. The van der Waals surface area contributed by atoms with Gasteiger partial charge in [-0.1, -0.05) is 17.2 Å². The van der Waals surface area contributed by atoms with E-state index in [9.17, 15) is 8.78 Å². The van der Waals surface area contributed by atoms with Gasteiger partial charge in [-0.15, -0.1) is 5.10 Å². The lowest BCUT2D eigenvalue weighted by atomic mass is 10.0. The van der Waals surface area contributed by atoms with Crippen LogP contribution in [0.3, 0.4) is 0 Å². The highest BCUT2D eigenvalue weighted by Crippen LogP contribution is 2.37. The lowest BCUT2D eigenvalue weighted by Crippen LogP contribution is -2.37. The lowest BCUT2D eigenvalue weighted by molar-refractivity contribution is 0.143. The summed E-state index contributed by atoms with van der Waals surface area (Å²) in [5.74, 6) is 0.310. The van der Waals surface area contributed by atoms with Crippen LogP contribution in [0.4, 0.5) is 14.8 Å². The van der Waals surface area contributed by atoms with Gasteiger partial charge in [-0.3, -0.25) is 4.98 Å². The summed E-state index contributed by atoms with van der Waals surface area (Å²) in [6.45, 7) is 2.47. The van der Waals surface area contributed by atoms with E-state index in [1.54, 1.807) is 30.7 Å². The number of aromatic amines is 1. The topological polar surface area (TPSA) is 101 Å². The Morgan fingerprint density at radius 2 is 2.06 bits per heavy atom. The second-order valence-electron chi connectivity index (χ2n) is 7.83. The van der Waals surface area contributed by atoms with Crippen molar-refractivity contribution in [1.29, 1.82) is 0 Å². The van der Waals surface area contributed by atoms with E-state index >= 15 is 0 Å². The number of alkyl halides is 2. The molecule has 0 radical (unpaired) electrons. The molecular formula is C22H18F2N8O. The van der Waals surface area contributed by atoms with Crippen molar-refractivity contribution in [2.45, 2.75) is 25.8 Å². The summed E-state index contributed by atoms with van der Waals surface area (Å²) in [4.78, 5) is 13.9. The summed E-state index contributed by atoms with van der Waals surface area (Å²) in [5, 5.41) is 13.0. The predicted octanol–water partition coefficient (Wildman–Crippen LogP) is 3.90. The molecule has 33 heavy (non-hydrogen) atoms. The fourth-order valence-corrected chi connectivity index (χ4v) is 4.27. The Bertz CT molecular complexity index is 1460. The predicted molar refractivity (Wildman–Crippen MR) is 114 cm³/mol. The van der Waals surface area contributed by atoms with Crippen molar-refractivity contribution in [3.63, 3.8) is 0 Å². The summed E-state index contributed by atoms with van der Waals surface area (Å²) in [6, 6.07) is 10.1. The Labute approximate surface area is 186 Å². The molecule has 11 heteroatoms. The molecule has 6 heterocycles. The van der Waals surface area contributed by atoms with Crippen LogP contribution in [0, 0.1) is 6.92 Å². The summed E-state index contributed by atoms with van der Waals surface area (Å²) < 4.78 is 34.4. The molecular weight excluding hydrogens is 430 g/mol. The number of aryl methyl sites for hydroxylation is 1. The van der Waals surface area contributed by atoms with Crippen molar-refractivity contribution < 1.29 is 13.2 Å². The maximum absolute atomic E-state index is 13.5. The van der Waals surface area contributed by atoms with E-state index in [1.807, 2.05) is 24.0 Å².